The Balaban J connectivity index is 1.42. The second kappa shape index (κ2) is 10.6. The van der Waals surface area contributed by atoms with Gasteiger partial charge in [0.15, 0.2) is 10.8 Å². The normalized spacial score (nSPS) is 14.2. The van der Waals surface area contributed by atoms with Gasteiger partial charge < -0.3 is 10.2 Å². The number of sulfonamides is 1. The molecular formula is C29H27N5O3S2. The van der Waals surface area contributed by atoms with Gasteiger partial charge in [0.05, 0.1) is 17.1 Å². The van der Waals surface area contributed by atoms with Gasteiger partial charge in [0, 0.05) is 11.3 Å². The topological polar surface area (TPSA) is 117 Å². The van der Waals surface area contributed by atoms with Gasteiger partial charge in [-0.25, -0.2) is 13.6 Å². The Morgan fingerprint density at radius 1 is 1.00 bits per heavy atom. The molecular weight excluding hydrogens is 530 g/mol. The van der Waals surface area contributed by atoms with E-state index in [1.165, 1.54) is 24.3 Å². The summed E-state index contributed by atoms with van der Waals surface area (Å²) in [7, 11) is -3.79. The summed E-state index contributed by atoms with van der Waals surface area (Å²) in [5.41, 5.74) is 7.23. The average Bonchev–Trinajstić information content (AvgIpc) is 3.17. The number of fused-ring (bicyclic) bond motifs is 2. The first-order valence-electron chi connectivity index (χ1n) is 12.3. The van der Waals surface area contributed by atoms with Crippen LogP contribution in [0.2, 0.25) is 0 Å². The van der Waals surface area contributed by atoms with Crippen molar-refractivity contribution >= 4 is 61.1 Å². The Morgan fingerprint density at radius 2 is 1.72 bits per heavy atom. The minimum absolute atomic E-state index is 0.00688. The molecule has 8 nitrogen and oxygen atoms in total. The molecule has 10 heteroatoms. The van der Waals surface area contributed by atoms with Crippen LogP contribution in [-0.2, 0) is 21.4 Å². The molecule has 1 aliphatic heterocycles. The van der Waals surface area contributed by atoms with E-state index in [1.807, 2.05) is 42.5 Å². The van der Waals surface area contributed by atoms with Crippen molar-refractivity contribution in [2.75, 3.05) is 10.2 Å². The predicted octanol–water partition coefficient (Wildman–Crippen LogP) is 4.85. The summed E-state index contributed by atoms with van der Waals surface area (Å²) in [5.74, 6) is 0.0430. The van der Waals surface area contributed by atoms with Crippen molar-refractivity contribution in [1.29, 1.82) is 0 Å². The maximum atomic E-state index is 13.7. The molecule has 5 rings (SSSR count). The number of carbonyl (C=O) groups excluding carboxylic acids is 1. The van der Waals surface area contributed by atoms with Gasteiger partial charge >= 0.3 is 0 Å². The van der Waals surface area contributed by atoms with E-state index in [4.69, 9.17) is 17.4 Å². The van der Waals surface area contributed by atoms with Crippen molar-refractivity contribution in [2.45, 2.75) is 31.2 Å². The van der Waals surface area contributed by atoms with E-state index in [0.29, 0.717) is 12.2 Å². The molecule has 0 fully saturated rings. The number of nitrogens with two attached hydrogens (primary N) is 1. The zero-order chi connectivity index (χ0) is 27.7. The minimum Gasteiger partial charge on any atom is -0.331 e. The monoisotopic (exact) mass is 557 g/mol. The van der Waals surface area contributed by atoms with Gasteiger partial charge in [-0.15, -0.1) is 0 Å². The molecule has 198 valence electrons. The van der Waals surface area contributed by atoms with Crippen LogP contribution in [0.25, 0.3) is 10.8 Å². The Labute approximate surface area is 232 Å². The number of thiocarbonyl (C=S) groups is 1. The number of hydrogen-bond acceptors (Lipinski definition) is 5. The van der Waals surface area contributed by atoms with Gasteiger partial charge in [0.2, 0.25) is 10.0 Å². The molecule has 0 aromatic heterocycles. The van der Waals surface area contributed by atoms with E-state index in [-0.39, 0.29) is 27.5 Å². The average molecular weight is 558 g/mol. The molecule has 4 aromatic carbocycles. The van der Waals surface area contributed by atoms with Crippen LogP contribution in [0, 0.1) is 0 Å². The van der Waals surface area contributed by atoms with Crippen molar-refractivity contribution < 1.29 is 13.2 Å². The second-order valence-electron chi connectivity index (χ2n) is 9.56. The van der Waals surface area contributed by atoms with Crippen molar-refractivity contribution in [3.63, 3.8) is 0 Å². The number of primary sulfonamides is 1. The van der Waals surface area contributed by atoms with Crippen molar-refractivity contribution in [3.8, 4) is 0 Å². The van der Waals surface area contributed by atoms with Gasteiger partial charge in [-0.1, -0.05) is 62.4 Å². The van der Waals surface area contributed by atoms with E-state index >= 15 is 0 Å². The first-order valence-corrected chi connectivity index (χ1v) is 14.3. The zero-order valence-electron chi connectivity index (χ0n) is 21.4. The molecule has 0 unspecified atom stereocenters. The molecule has 1 amide bonds. The summed E-state index contributed by atoms with van der Waals surface area (Å²) in [5, 5.41) is 14.9. The molecule has 1 aliphatic rings. The molecule has 0 saturated carbocycles. The van der Waals surface area contributed by atoms with Crippen LogP contribution in [0.5, 0.6) is 0 Å². The first kappa shape index (κ1) is 26.5. The largest absolute Gasteiger partial charge is 0.331 e. The number of hydrogen-bond donors (Lipinski definition) is 3. The van der Waals surface area contributed by atoms with Gasteiger partial charge in [-0.05, 0) is 76.4 Å². The van der Waals surface area contributed by atoms with Gasteiger partial charge in [-0.2, -0.15) is 5.10 Å². The van der Waals surface area contributed by atoms with Crippen molar-refractivity contribution in [1.82, 2.24) is 5.43 Å². The maximum Gasteiger partial charge on any atom is 0.279 e. The molecule has 1 heterocycles. The summed E-state index contributed by atoms with van der Waals surface area (Å²) in [6.45, 7) is 4.59. The highest BCUT2D eigenvalue weighted by atomic mass is 32.2. The Kier molecular flexibility index (Phi) is 7.17. The second-order valence-corrected chi connectivity index (χ2v) is 11.5. The van der Waals surface area contributed by atoms with E-state index in [9.17, 15) is 13.2 Å². The molecule has 0 saturated heterocycles. The van der Waals surface area contributed by atoms with E-state index in [1.54, 1.807) is 4.90 Å². The van der Waals surface area contributed by atoms with Gasteiger partial charge in [-0.3, -0.25) is 10.2 Å². The minimum atomic E-state index is -3.79. The molecule has 0 bridgehead atoms. The lowest BCUT2D eigenvalue weighted by Gasteiger charge is -2.19. The van der Waals surface area contributed by atoms with Crippen LogP contribution in [0.3, 0.4) is 0 Å². The van der Waals surface area contributed by atoms with Gasteiger partial charge in [0.25, 0.3) is 5.91 Å². The highest BCUT2D eigenvalue weighted by Gasteiger charge is 2.35. The lowest BCUT2D eigenvalue weighted by atomic mass is 9.99. The van der Waals surface area contributed by atoms with Crippen molar-refractivity contribution in [3.05, 3.63) is 102 Å². The lowest BCUT2D eigenvalue weighted by molar-refractivity contribution is -0.112. The summed E-state index contributed by atoms with van der Waals surface area (Å²) in [4.78, 5) is 15.4. The molecule has 0 aliphatic carbocycles. The highest BCUT2D eigenvalue weighted by molar-refractivity contribution is 7.89. The SMILES string of the molecule is CC(C)c1ccc2c(c1)C(=NNC(=S)Nc1ccc(S(N)(=O)=O)cc1)C(=O)N2Cc1cccc2ccccc12. The van der Waals surface area contributed by atoms with Crippen LogP contribution in [0.15, 0.2) is 94.9 Å². The summed E-state index contributed by atoms with van der Waals surface area (Å²) in [6, 6.07) is 26.0. The molecule has 0 atom stereocenters. The Hall–Kier alpha value is -4.12. The molecule has 0 radical (unpaired) electrons. The van der Waals surface area contributed by atoms with E-state index < -0.39 is 10.0 Å². The van der Waals surface area contributed by atoms with Crippen LogP contribution >= 0.6 is 12.2 Å². The number of nitrogens with one attached hydrogen (secondary N) is 2. The van der Waals surface area contributed by atoms with Crippen LogP contribution in [0.4, 0.5) is 11.4 Å². The molecule has 39 heavy (non-hydrogen) atoms. The number of anilines is 2. The predicted molar refractivity (Wildman–Crippen MR) is 159 cm³/mol. The molecule has 4 aromatic rings. The number of nitrogens with zero attached hydrogens (tertiary/aromatic N) is 2. The van der Waals surface area contributed by atoms with E-state index in [2.05, 4.69) is 47.9 Å². The Bertz CT molecular complexity index is 1730. The number of rotatable bonds is 6. The maximum absolute atomic E-state index is 13.7. The van der Waals surface area contributed by atoms with E-state index in [0.717, 1.165) is 33.2 Å². The zero-order valence-corrected chi connectivity index (χ0v) is 23.0. The van der Waals surface area contributed by atoms with Crippen LogP contribution < -0.4 is 20.8 Å². The molecule has 4 N–H and O–H groups in total. The fourth-order valence-electron chi connectivity index (χ4n) is 4.55. The third kappa shape index (κ3) is 5.53. The highest BCUT2D eigenvalue weighted by Crippen LogP contribution is 2.34. The quantitative estimate of drug-likeness (QED) is 0.231. The number of amides is 1. The van der Waals surface area contributed by atoms with Crippen molar-refractivity contribution in [2.24, 2.45) is 10.2 Å². The number of benzene rings is 4. The van der Waals surface area contributed by atoms with Gasteiger partial charge in [0.1, 0.15) is 0 Å². The summed E-state index contributed by atoms with van der Waals surface area (Å²) in [6.07, 6.45) is 0. The number of hydrazone groups is 1. The fourth-order valence-corrected chi connectivity index (χ4v) is 5.23. The first-order chi connectivity index (χ1) is 18.6. The third-order valence-electron chi connectivity index (χ3n) is 6.60. The molecule has 0 spiro atoms. The Morgan fingerprint density at radius 3 is 2.44 bits per heavy atom. The van der Waals surface area contributed by atoms with Crippen LogP contribution in [-0.4, -0.2) is 25.1 Å². The fraction of sp³-hybridized carbons (Fsp3) is 0.138. The van der Waals surface area contributed by atoms with Crippen LogP contribution in [0.1, 0.15) is 36.5 Å². The lowest BCUT2D eigenvalue weighted by Crippen LogP contribution is -2.32. The third-order valence-corrected chi connectivity index (χ3v) is 7.72. The standard InChI is InChI=1S/C29H27N5O3S2/c1-18(2)20-10-15-26-25(16-20)27(32-33-29(38)31-22-11-13-23(14-12-22)39(30,36)37)28(35)34(26)17-21-8-5-7-19-6-3-4-9-24(19)21/h3-16,18H,17H2,1-2H3,(H2,30,36,37)(H2,31,33,38). The summed E-state index contributed by atoms with van der Waals surface area (Å²) < 4.78 is 23.0. The smallest absolute Gasteiger partial charge is 0.279 e. The summed E-state index contributed by atoms with van der Waals surface area (Å²) >= 11 is 5.37. The number of carbonyl (C=O) groups is 1.